The molecule has 1 N–H and O–H groups in total. The standard InChI is InChI=1S/C27H34N2O4S/c1-20(2)9-10-21-11-13-22(14-12-21)27-25-18-28(15-4-5-16-29(25)26(27)19-30)34(31,32)24-8-6-7-23(17-24)33-3/h6-8,11-14,17,20,25-27,30H,4-5,15-16,18-19H2,1-3H3/t25-,26-,27-/m0/s1. The van der Waals surface area contributed by atoms with Gasteiger partial charge in [-0.2, -0.15) is 4.31 Å². The number of rotatable bonds is 5. The van der Waals surface area contributed by atoms with Crippen molar-refractivity contribution in [1.82, 2.24) is 9.21 Å². The van der Waals surface area contributed by atoms with E-state index < -0.39 is 10.0 Å². The summed E-state index contributed by atoms with van der Waals surface area (Å²) in [6.07, 6.45) is 1.69. The van der Waals surface area contributed by atoms with Gasteiger partial charge in [-0.15, -0.1) is 0 Å². The van der Waals surface area contributed by atoms with Crippen LogP contribution in [0.15, 0.2) is 53.4 Å². The predicted octanol–water partition coefficient (Wildman–Crippen LogP) is 3.32. The van der Waals surface area contributed by atoms with Gasteiger partial charge in [0.05, 0.1) is 18.6 Å². The molecule has 182 valence electrons. The van der Waals surface area contributed by atoms with Gasteiger partial charge in [0.1, 0.15) is 5.75 Å². The van der Waals surface area contributed by atoms with Crippen LogP contribution in [-0.4, -0.2) is 68.2 Å². The molecule has 0 bridgehead atoms. The third-order valence-corrected chi connectivity index (χ3v) is 8.67. The van der Waals surface area contributed by atoms with Crippen LogP contribution in [0.2, 0.25) is 0 Å². The summed E-state index contributed by atoms with van der Waals surface area (Å²) in [6, 6.07) is 14.9. The first-order chi connectivity index (χ1) is 16.3. The smallest absolute Gasteiger partial charge is 0.243 e. The number of hydrogen-bond acceptors (Lipinski definition) is 5. The van der Waals surface area contributed by atoms with Crippen LogP contribution < -0.4 is 4.74 Å². The molecule has 6 nitrogen and oxygen atoms in total. The molecule has 4 rings (SSSR count). The fourth-order valence-corrected chi connectivity index (χ4v) is 6.59. The molecule has 0 aliphatic carbocycles. The molecule has 34 heavy (non-hydrogen) atoms. The monoisotopic (exact) mass is 482 g/mol. The summed E-state index contributed by atoms with van der Waals surface area (Å²) < 4.78 is 34.0. The summed E-state index contributed by atoms with van der Waals surface area (Å²) >= 11 is 0. The van der Waals surface area contributed by atoms with E-state index in [0.29, 0.717) is 24.8 Å². The van der Waals surface area contributed by atoms with Gasteiger partial charge in [0.2, 0.25) is 10.0 Å². The van der Waals surface area contributed by atoms with Crippen molar-refractivity contribution in [2.75, 3.05) is 33.4 Å². The number of methoxy groups -OCH3 is 1. The lowest BCUT2D eigenvalue weighted by Gasteiger charge is -2.57. The topological polar surface area (TPSA) is 70.1 Å². The molecule has 0 unspecified atom stereocenters. The number of sulfonamides is 1. The second-order valence-electron chi connectivity index (χ2n) is 9.38. The Morgan fingerprint density at radius 1 is 1.12 bits per heavy atom. The number of nitrogens with zero attached hydrogens (tertiary/aromatic N) is 2. The van der Waals surface area contributed by atoms with E-state index in [2.05, 4.69) is 42.7 Å². The Bertz CT molecular complexity index is 1150. The summed E-state index contributed by atoms with van der Waals surface area (Å²) in [5.74, 6) is 7.28. The van der Waals surface area contributed by atoms with E-state index >= 15 is 0 Å². The lowest BCUT2D eigenvalue weighted by molar-refractivity contribution is -0.0553. The van der Waals surface area contributed by atoms with Crippen LogP contribution in [0.25, 0.3) is 0 Å². The van der Waals surface area contributed by atoms with Crippen LogP contribution in [0.1, 0.15) is 43.7 Å². The van der Waals surface area contributed by atoms with Gasteiger partial charge in [-0.3, -0.25) is 4.90 Å². The van der Waals surface area contributed by atoms with Crippen LogP contribution in [0.3, 0.4) is 0 Å². The van der Waals surface area contributed by atoms with E-state index in [1.165, 1.54) is 7.11 Å². The second-order valence-corrected chi connectivity index (χ2v) is 11.3. The minimum absolute atomic E-state index is 0.00271. The molecular weight excluding hydrogens is 448 g/mol. The number of aliphatic hydroxyl groups excluding tert-OH is 1. The summed E-state index contributed by atoms with van der Waals surface area (Å²) in [4.78, 5) is 2.53. The highest BCUT2D eigenvalue weighted by Gasteiger charge is 2.50. The van der Waals surface area contributed by atoms with Gasteiger partial charge in [0.15, 0.2) is 0 Å². The van der Waals surface area contributed by atoms with Gasteiger partial charge < -0.3 is 9.84 Å². The lowest BCUT2D eigenvalue weighted by atomic mass is 9.74. The molecule has 0 amide bonds. The SMILES string of the molecule is COc1cccc(S(=O)(=O)N2CCCCN3[C@@H](CO)[C@@H](c4ccc(C#CC(C)C)cc4)[C@@H]3C2)c1. The number of aliphatic hydroxyl groups is 1. The molecule has 2 fully saturated rings. The zero-order chi connectivity index (χ0) is 24.3. The van der Waals surface area contributed by atoms with Crippen molar-refractivity contribution in [3.63, 3.8) is 0 Å². The third-order valence-electron chi connectivity index (χ3n) is 6.81. The Morgan fingerprint density at radius 3 is 2.53 bits per heavy atom. The van der Waals surface area contributed by atoms with Gasteiger partial charge in [-0.25, -0.2) is 8.42 Å². The number of ether oxygens (including phenoxy) is 1. The first-order valence-corrected chi connectivity index (χ1v) is 13.4. The third kappa shape index (κ3) is 5.01. The molecule has 0 spiro atoms. The minimum Gasteiger partial charge on any atom is -0.497 e. The highest BCUT2D eigenvalue weighted by atomic mass is 32.2. The molecule has 0 aromatic heterocycles. The normalized spacial score (nSPS) is 23.7. The van der Waals surface area contributed by atoms with Crippen LogP contribution in [0, 0.1) is 17.8 Å². The molecule has 2 heterocycles. The van der Waals surface area contributed by atoms with E-state index in [1.54, 1.807) is 28.6 Å². The Labute approximate surface area is 203 Å². The summed E-state index contributed by atoms with van der Waals surface area (Å²) in [5, 5.41) is 10.2. The number of benzene rings is 2. The average molecular weight is 483 g/mol. The zero-order valence-corrected chi connectivity index (χ0v) is 21.0. The summed E-state index contributed by atoms with van der Waals surface area (Å²) in [5.41, 5.74) is 2.09. The second kappa shape index (κ2) is 10.5. The van der Waals surface area contributed by atoms with Crippen LogP contribution in [0.5, 0.6) is 5.75 Å². The Kier molecular flexibility index (Phi) is 7.63. The van der Waals surface area contributed by atoms with E-state index in [-0.39, 0.29) is 29.5 Å². The highest BCUT2D eigenvalue weighted by molar-refractivity contribution is 7.89. The van der Waals surface area contributed by atoms with Crippen LogP contribution >= 0.6 is 0 Å². The zero-order valence-electron chi connectivity index (χ0n) is 20.1. The maximum atomic E-state index is 13.5. The lowest BCUT2D eigenvalue weighted by Crippen LogP contribution is -2.67. The van der Waals surface area contributed by atoms with Crippen molar-refractivity contribution in [2.45, 2.75) is 49.6 Å². The van der Waals surface area contributed by atoms with Crippen molar-refractivity contribution in [3.8, 4) is 17.6 Å². The van der Waals surface area contributed by atoms with Gasteiger partial charge in [-0.05, 0) is 49.2 Å². The molecule has 3 atom stereocenters. The van der Waals surface area contributed by atoms with Crippen molar-refractivity contribution in [2.24, 2.45) is 5.92 Å². The molecule has 7 heteroatoms. The number of fused-ring (bicyclic) bond motifs is 1. The van der Waals surface area contributed by atoms with Gasteiger partial charge in [-0.1, -0.05) is 43.9 Å². The fourth-order valence-electron chi connectivity index (χ4n) is 5.05. The average Bonchev–Trinajstić information content (AvgIpc) is 2.82. The minimum atomic E-state index is -3.66. The van der Waals surface area contributed by atoms with Crippen molar-refractivity contribution in [3.05, 3.63) is 59.7 Å². The maximum Gasteiger partial charge on any atom is 0.243 e. The summed E-state index contributed by atoms with van der Waals surface area (Å²) in [7, 11) is -2.13. The maximum absolute atomic E-state index is 13.5. The first kappa shape index (κ1) is 24.7. The van der Waals surface area contributed by atoms with E-state index in [9.17, 15) is 13.5 Å². The quantitative estimate of drug-likeness (QED) is 0.662. The van der Waals surface area contributed by atoms with Crippen molar-refractivity contribution < 1.29 is 18.3 Å². The van der Waals surface area contributed by atoms with Crippen molar-refractivity contribution >= 4 is 10.0 Å². The van der Waals surface area contributed by atoms with Crippen molar-refractivity contribution in [1.29, 1.82) is 0 Å². The fraction of sp³-hybridized carbons (Fsp3) is 0.481. The molecule has 2 aliphatic rings. The molecule has 2 aromatic carbocycles. The Hall–Kier alpha value is -2.37. The van der Waals surface area contributed by atoms with Gasteiger partial charge in [0.25, 0.3) is 0 Å². The largest absolute Gasteiger partial charge is 0.497 e. The van der Waals surface area contributed by atoms with Gasteiger partial charge >= 0.3 is 0 Å². The van der Waals surface area contributed by atoms with E-state index in [0.717, 1.165) is 30.5 Å². The van der Waals surface area contributed by atoms with E-state index in [1.807, 2.05) is 12.1 Å². The highest BCUT2D eigenvalue weighted by Crippen LogP contribution is 2.42. The van der Waals surface area contributed by atoms with E-state index in [4.69, 9.17) is 4.74 Å². The number of hydrogen-bond donors (Lipinski definition) is 1. The molecule has 2 saturated heterocycles. The molecular formula is C27H34N2O4S. The van der Waals surface area contributed by atoms with Crippen LogP contribution in [-0.2, 0) is 10.0 Å². The van der Waals surface area contributed by atoms with Crippen LogP contribution in [0.4, 0.5) is 0 Å². The molecule has 0 saturated carbocycles. The summed E-state index contributed by atoms with van der Waals surface area (Å²) in [6.45, 7) is 5.95. The molecule has 2 aromatic rings. The molecule has 0 radical (unpaired) electrons. The molecule has 2 aliphatic heterocycles. The predicted molar refractivity (Wildman–Crippen MR) is 133 cm³/mol. The Morgan fingerprint density at radius 2 is 1.85 bits per heavy atom. The first-order valence-electron chi connectivity index (χ1n) is 12.0. The van der Waals surface area contributed by atoms with Gasteiger partial charge in [0, 0.05) is 48.6 Å². The Balaban J connectivity index is 1.61.